The van der Waals surface area contributed by atoms with E-state index in [1.807, 2.05) is 19.9 Å². The van der Waals surface area contributed by atoms with Gasteiger partial charge in [-0.3, -0.25) is 4.79 Å². The van der Waals surface area contributed by atoms with Crippen molar-refractivity contribution in [2.24, 2.45) is 0 Å². The number of H-pyrrole nitrogens is 1. The van der Waals surface area contributed by atoms with Crippen molar-refractivity contribution in [1.29, 1.82) is 0 Å². The van der Waals surface area contributed by atoms with Gasteiger partial charge in [0.25, 0.3) is 0 Å². The summed E-state index contributed by atoms with van der Waals surface area (Å²) in [7, 11) is 0. The molecule has 0 aliphatic rings. The van der Waals surface area contributed by atoms with E-state index in [0.717, 1.165) is 23.4 Å². The van der Waals surface area contributed by atoms with E-state index < -0.39 is 5.82 Å². The molecule has 0 spiro atoms. The lowest BCUT2D eigenvalue weighted by atomic mass is 10.0. The molecular formula is C16H17FN2O. The van der Waals surface area contributed by atoms with Crippen LogP contribution in [-0.2, 0) is 11.2 Å². The molecule has 0 aliphatic carbocycles. The number of nitrogens with two attached hydrogens (primary N) is 1. The molecule has 0 atom stereocenters. The second kappa shape index (κ2) is 5.74. The number of halogens is 1. The predicted molar refractivity (Wildman–Crippen MR) is 79.7 cm³/mol. The van der Waals surface area contributed by atoms with Crippen molar-refractivity contribution in [2.45, 2.75) is 20.3 Å². The number of rotatable bonds is 4. The highest BCUT2D eigenvalue weighted by Gasteiger charge is 2.09. The van der Waals surface area contributed by atoms with Gasteiger partial charge in [-0.1, -0.05) is 6.92 Å². The highest BCUT2D eigenvalue weighted by Crippen LogP contribution is 2.24. The summed E-state index contributed by atoms with van der Waals surface area (Å²) in [4.78, 5) is 14.5. The molecule has 1 heterocycles. The molecule has 2 aromatic rings. The number of carbonyl (C=O) groups excluding carboxylic acids is 1. The molecule has 20 heavy (non-hydrogen) atoms. The summed E-state index contributed by atoms with van der Waals surface area (Å²) in [5.41, 5.74) is 9.92. The van der Waals surface area contributed by atoms with Gasteiger partial charge in [-0.25, -0.2) is 4.39 Å². The number of carbonyl (C=O) groups is 1. The molecule has 4 heteroatoms. The zero-order valence-corrected chi connectivity index (χ0v) is 11.5. The quantitative estimate of drug-likeness (QED) is 0.509. The Morgan fingerprint density at radius 2 is 2.15 bits per heavy atom. The van der Waals surface area contributed by atoms with Gasteiger partial charge in [0.15, 0.2) is 6.29 Å². The lowest BCUT2D eigenvalue weighted by molar-refractivity contribution is -0.103. The molecule has 0 aliphatic heterocycles. The van der Waals surface area contributed by atoms with E-state index >= 15 is 0 Å². The lowest BCUT2D eigenvalue weighted by Crippen LogP contribution is -1.96. The molecule has 0 unspecified atom stereocenters. The highest BCUT2D eigenvalue weighted by atomic mass is 19.1. The van der Waals surface area contributed by atoms with Crippen LogP contribution in [0.4, 0.5) is 10.1 Å². The largest absolute Gasteiger partial charge is 0.398 e. The Balaban J connectivity index is 2.50. The topological polar surface area (TPSA) is 58.9 Å². The molecule has 0 radical (unpaired) electrons. The molecular weight excluding hydrogens is 255 g/mol. The van der Waals surface area contributed by atoms with Crippen molar-refractivity contribution < 1.29 is 9.18 Å². The molecule has 0 saturated carbocycles. The van der Waals surface area contributed by atoms with Gasteiger partial charge in [0.05, 0.1) is 0 Å². The number of allylic oxidation sites excluding steroid dienone is 1. The van der Waals surface area contributed by atoms with E-state index in [1.165, 1.54) is 18.2 Å². The Hall–Kier alpha value is -2.36. The van der Waals surface area contributed by atoms with Crippen molar-refractivity contribution in [3.63, 3.8) is 0 Å². The summed E-state index contributed by atoms with van der Waals surface area (Å²) in [5.74, 6) is -0.417. The summed E-state index contributed by atoms with van der Waals surface area (Å²) < 4.78 is 13.3. The first kappa shape index (κ1) is 14.1. The maximum atomic E-state index is 13.3. The highest BCUT2D eigenvalue weighted by molar-refractivity contribution is 6.15. The number of hydrogen-bond acceptors (Lipinski definition) is 2. The number of aldehydes is 1. The number of hydrogen-bond donors (Lipinski definition) is 2. The molecule has 3 nitrogen and oxygen atoms in total. The summed E-state index contributed by atoms with van der Waals surface area (Å²) >= 11 is 0. The van der Waals surface area contributed by atoms with Crippen LogP contribution in [0.1, 0.15) is 29.4 Å². The first-order valence-corrected chi connectivity index (χ1v) is 6.46. The summed E-state index contributed by atoms with van der Waals surface area (Å²) in [5, 5.41) is 0. The second-order valence-corrected chi connectivity index (χ2v) is 4.69. The number of aromatic nitrogens is 1. The number of nitrogens with one attached hydrogen (secondary N) is 1. The van der Waals surface area contributed by atoms with Crippen LogP contribution in [0, 0.1) is 12.7 Å². The Labute approximate surface area is 117 Å². The molecule has 0 saturated heterocycles. The normalized spacial score (nSPS) is 11.7. The Morgan fingerprint density at radius 1 is 1.40 bits per heavy atom. The van der Waals surface area contributed by atoms with Gasteiger partial charge in [0.2, 0.25) is 0 Å². The Kier molecular flexibility index (Phi) is 4.03. The fraction of sp³-hybridized carbons (Fsp3) is 0.188. The van der Waals surface area contributed by atoms with Crippen LogP contribution in [0.5, 0.6) is 0 Å². The van der Waals surface area contributed by atoms with Crippen LogP contribution in [0.15, 0.2) is 24.3 Å². The van der Waals surface area contributed by atoms with Crippen LogP contribution in [0.2, 0.25) is 0 Å². The molecule has 0 amide bonds. The third-order valence-electron chi connectivity index (χ3n) is 3.24. The second-order valence-electron chi connectivity index (χ2n) is 4.69. The van der Waals surface area contributed by atoms with Gasteiger partial charge in [-0.15, -0.1) is 0 Å². The SMILES string of the molecule is CCc1cc(C)c(/C=C(\C=O)c2cc(F)ccc2N)[nH]1. The maximum Gasteiger partial charge on any atom is 0.150 e. The van der Waals surface area contributed by atoms with Crippen molar-refractivity contribution in [1.82, 2.24) is 4.98 Å². The van der Waals surface area contributed by atoms with E-state index in [4.69, 9.17) is 5.73 Å². The fourth-order valence-electron chi connectivity index (χ4n) is 2.10. The van der Waals surface area contributed by atoms with Crippen LogP contribution >= 0.6 is 0 Å². The first-order chi connectivity index (χ1) is 9.55. The molecule has 104 valence electrons. The van der Waals surface area contributed by atoms with E-state index in [2.05, 4.69) is 4.98 Å². The minimum Gasteiger partial charge on any atom is -0.398 e. The van der Waals surface area contributed by atoms with Gasteiger partial charge < -0.3 is 10.7 Å². The van der Waals surface area contributed by atoms with E-state index in [-0.39, 0.29) is 0 Å². The van der Waals surface area contributed by atoms with E-state index in [1.54, 1.807) is 6.08 Å². The average Bonchev–Trinajstić information content (AvgIpc) is 2.79. The number of benzene rings is 1. The third-order valence-corrected chi connectivity index (χ3v) is 3.24. The zero-order chi connectivity index (χ0) is 14.7. The Bertz CT molecular complexity index is 671. The zero-order valence-electron chi connectivity index (χ0n) is 11.5. The minimum atomic E-state index is -0.417. The van der Waals surface area contributed by atoms with Crippen LogP contribution in [0.25, 0.3) is 11.6 Å². The number of anilines is 1. The smallest absolute Gasteiger partial charge is 0.150 e. The minimum absolute atomic E-state index is 0.356. The van der Waals surface area contributed by atoms with Gasteiger partial charge in [-0.2, -0.15) is 0 Å². The van der Waals surface area contributed by atoms with E-state index in [9.17, 15) is 9.18 Å². The van der Waals surface area contributed by atoms with Crippen molar-refractivity contribution >= 4 is 23.6 Å². The van der Waals surface area contributed by atoms with Crippen molar-refractivity contribution in [3.05, 3.63) is 52.6 Å². The van der Waals surface area contributed by atoms with Crippen LogP contribution < -0.4 is 5.73 Å². The number of nitrogen functional groups attached to an aromatic ring is 1. The number of aryl methyl sites for hydroxylation is 2. The molecule has 2 rings (SSSR count). The maximum absolute atomic E-state index is 13.3. The fourth-order valence-corrected chi connectivity index (χ4v) is 2.10. The first-order valence-electron chi connectivity index (χ1n) is 6.46. The average molecular weight is 272 g/mol. The molecule has 3 N–H and O–H groups in total. The summed E-state index contributed by atoms with van der Waals surface area (Å²) in [6, 6.07) is 6.04. The third kappa shape index (κ3) is 2.79. The van der Waals surface area contributed by atoms with Crippen molar-refractivity contribution in [2.75, 3.05) is 5.73 Å². The van der Waals surface area contributed by atoms with Gasteiger partial charge in [0, 0.05) is 28.2 Å². The van der Waals surface area contributed by atoms with E-state index in [0.29, 0.717) is 23.1 Å². The predicted octanol–water partition coefficient (Wildman–Crippen LogP) is 3.35. The number of aromatic amines is 1. The van der Waals surface area contributed by atoms with Gasteiger partial charge >= 0.3 is 0 Å². The molecule has 0 fully saturated rings. The standard InChI is InChI=1S/C16H17FN2O/c1-3-13-6-10(2)16(19-13)7-11(9-20)14-8-12(17)4-5-15(14)18/h4-9,19H,3,18H2,1-2H3/b11-7+. The molecule has 0 bridgehead atoms. The summed E-state index contributed by atoms with van der Waals surface area (Å²) in [6.45, 7) is 4.00. The van der Waals surface area contributed by atoms with Crippen LogP contribution in [0.3, 0.4) is 0 Å². The monoisotopic (exact) mass is 272 g/mol. The lowest BCUT2D eigenvalue weighted by Gasteiger charge is -2.05. The van der Waals surface area contributed by atoms with Crippen LogP contribution in [-0.4, -0.2) is 11.3 Å². The van der Waals surface area contributed by atoms with Gasteiger partial charge in [-0.05, 0) is 49.2 Å². The van der Waals surface area contributed by atoms with Gasteiger partial charge in [0.1, 0.15) is 5.82 Å². The Morgan fingerprint density at radius 3 is 2.75 bits per heavy atom. The summed E-state index contributed by atoms with van der Waals surface area (Å²) in [6.07, 6.45) is 3.27. The van der Waals surface area contributed by atoms with Crippen molar-refractivity contribution in [3.8, 4) is 0 Å². The molecule has 1 aromatic carbocycles. The molecule has 1 aromatic heterocycles.